The Labute approximate surface area is 107 Å². The molecule has 0 heterocycles. The zero-order chi connectivity index (χ0) is 13.1. The Hall–Kier alpha value is -2.11. The van der Waals surface area contributed by atoms with E-state index in [4.69, 9.17) is 0 Å². The minimum Gasteiger partial charge on any atom is -0.392 e. The van der Waals surface area contributed by atoms with E-state index in [2.05, 4.69) is 26.0 Å². The summed E-state index contributed by atoms with van der Waals surface area (Å²) in [5, 5.41) is 18.4. The Kier molecular flexibility index (Phi) is 3.45. The highest BCUT2D eigenvalue weighted by atomic mass is 16.3. The van der Waals surface area contributed by atoms with Crippen LogP contribution in [0.25, 0.3) is 11.1 Å². The number of aliphatic hydroxyl groups excluding tert-OH is 1. The SMILES string of the molecule is Cc1cccc(-c2cc(CO)ccc2C#N)c1C. The molecule has 0 aromatic heterocycles. The first kappa shape index (κ1) is 12.3. The molecule has 2 nitrogen and oxygen atoms in total. The lowest BCUT2D eigenvalue weighted by molar-refractivity contribution is 0.282. The Balaban J connectivity index is 2.69. The highest BCUT2D eigenvalue weighted by Gasteiger charge is 2.09. The van der Waals surface area contributed by atoms with E-state index >= 15 is 0 Å². The fourth-order valence-electron chi connectivity index (χ4n) is 2.05. The number of nitrogens with zero attached hydrogens (tertiary/aromatic N) is 1. The van der Waals surface area contributed by atoms with Gasteiger partial charge in [0.1, 0.15) is 0 Å². The fraction of sp³-hybridized carbons (Fsp3) is 0.188. The van der Waals surface area contributed by atoms with E-state index < -0.39 is 0 Å². The van der Waals surface area contributed by atoms with Crippen LogP contribution in [-0.2, 0) is 6.61 Å². The van der Waals surface area contributed by atoms with Gasteiger partial charge in [0, 0.05) is 5.56 Å². The minimum atomic E-state index is -0.0103. The van der Waals surface area contributed by atoms with Crippen LogP contribution < -0.4 is 0 Å². The van der Waals surface area contributed by atoms with Crippen LogP contribution in [0.5, 0.6) is 0 Å². The van der Waals surface area contributed by atoms with E-state index in [-0.39, 0.29) is 6.61 Å². The molecule has 0 saturated heterocycles. The maximum Gasteiger partial charge on any atom is 0.0998 e. The quantitative estimate of drug-likeness (QED) is 0.870. The molecule has 0 aliphatic rings. The van der Waals surface area contributed by atoms with Crippen LogP contribution >= 0.6 is 0 Å². The normalized spacial score (nSPS) is 10.1. The van der Waals surface area contributed by atoms with Gasteiger partial charge in [-0.3, -0.25) is 0 Å². The smallest absolute Gasteiger partial charge is 0.0998 e. The van der Waals surface area contributed by atoms with E-state index in [9.17, 15) is 10.4 Å². The molecule has 90 valence electrons. The zero-order valence-corrected chi connectivity index (χ0v) is 10.6. The van der Waals surface area contributed by atoms with Crippen LogP contribution in [0.2, 0.25) is 0 Å². The Morgan fingerprint density at radius 1 is 1.11 bits per heavy atom. The number of hydrogen-bond donors (Lipinski definition) is 1. The molecule has 0 bridgehead atoms. The van der Waals surface area contributed by atoms with Crippen molar-refractivity contribution in [2.45, 2.75) is 20.5 Å². The summed E-state index contributed by atoms with van der Waals surface area (Å²) in [6.07, 6.45) is 0. The maximum atomic E-state index is 9.21. The number of aliphatic hydroxyl groups is 1. The number of rotatable bonds is 2. The molecule has 18 heavy (non-hydrogen) atoms. The Bertz CT molecular complexity index is 623. The van der Waals surface area contributed by atoms with Gasteiger partial charge in [-0.05, 0) is 48.2 Å². The van der Waals surface area contributed by atoms with Crippen LogP contribution in [0.3, 0.4) is 0 Å². The summed E-state index contributed by atoms with van der Waals surface area (Å²) in [6.45, 7) is 4.10. The molecule has 0 saturated carbocycles. The third kappa shape index (κ3) is 2.13. The predicted molar refractivity (Wildman–Crippen MR) is 72.0 cm³/mol. The van der Waals surface area contributed by atoms with E-state index in [1.165, 1.54) is 11.1 Å². The van der Waals surface area contributed by atoms with Gasteiger partial charge < -0.3 is 5.11 Å². The lowest BCUT2D eigenvalue weighted by Crippen LogP contribution is -1.93. The average molecular weight is 237 g/mol. The van der Waals surface area contributed by atoms with Gasteiger partial charge in [0.2, 0.25) is 0 Å². The largest absolute Gasteiger partial charge is 0.392 e. The summed E-state index contributed by atoms with van der Waals surface area (Å²) in [5.74, 6) is 0. The second-order valence-corrected chi connectivity index (χ2v) is 4.40. The molecule has 0 aliphatic carbocycles. The number of benzene rings is 2. The van der Waals surface area contributed by atoms with Crippen LogP contribution in [-0.4, -0.2) is 5.11 Å². The van der Waals surface area contributed by atoms with Gasteiger partial charge in [-0.25, -0.2) is 0 Å². The van der Waals surface area contributed by atoms with Crippen LogP contribution in [0, 0.1) is 25.2 Å². The summed E-state index contributed by atoms with van der Waals surface area (Å²) < 4.78 is 0. The molecule has 0 spiro atoms. The van der Waals surface area contributed by atoms with Crippen molar-refractivity contribution in [3.8, 4) is 17.2 Å². The van der Waals surface area contributed by atoms with Gasteiger partial charge in [-0.1, -0.05) is 24.3 Å². The predicted octanol–water partition coefficient (Wildman–Crippen LogP) is 3.33. The third-order valence-corrected chi connectivity index (χ3v) is 3.28. The first-order valence-corrected chi connectivity index (χ1v) is 5.88. The number of aryl methyl sites for hydroxylation is 1. The second kappa shape index (κ2) is 5.03. The second-order valence-electron chi connectivity index (χ2n) is 4.40. The van der Waals surface area contributed by atoms with Crippen molar-refractivity contribution in [2.24, 2.45) is 0 Å². The van der Waals surface area contributed by atoms with Gasteiger partial charge >= 0.3 is 0 Å². The summed E-state index contributed by atoms with van der Waals surface area (Å²) in [6, 6.07) is 13.7. The van der Waals surface area contributed by atoms with E-state index in [0.717, 1.165) is 16.7 Å². The van der Waals surface area contributed by atoms with Crippen molar-refractivity contribution in [3.05, 3.63) is 58.7 Å². The summed E-state index contributed by atoms with van der Waals surface area (Å²) in [4.78, 5) is 0. The minimum absolute atomic E-state index is 0.0103. The molecule has 0 fully saturated rings. The van der Waals surface area contributed by atoms with Gasteiger partial charge in [0.25, 0.3) is 0 Å². The standard InChI is InChI=1S/C16H15NO/c1-11-4-3-5-15(12(11)2)16-8-13(10-18)6-7-14(16)9-17/h3-8,18H,10H2,1-2H3. The fourth-order valence-corrected chi connectivity index (χ4v) is 2.05. The molecule has 0 unspecified atom stereocenters. The monoisotopic (exact) mass is 237 g/mol. The first-order chi connectivity index (χ1) is 8.67. The summed E-state index contributed by atoms with van der Waals surface area (Å²) in [7, 11) is 0. The van der Waals surface area contributed by atoms with Crippen LogP contribution in [0.4, 0.5) is 0 Å². The molecule has 0 radical (unpaired) electrons. The topological polar surface area (TPSA) is 44.0 Å². The van der Waals surface area contributed by atoms with Gasteiger partial charge in [-0.15, -0.1) is 0 Å². The van der Waals surface area contributed by atoms with Crippen molar-refractivity contribution in [1.29, 1.82) is 5.26 Å². The first-order valence-electron chi connectivity index (χ1n) is 5.88. The van der Waals surface area contributed by atoms with Crippen molar-refractivity contribution < 1.29 is 5.11 Å². The Morgan fingerprint density at radius 2 is 1.89 bits per heavy atom. The highest BCUT2D eigenvalue weighted by Crippen LogP contribution is 2.29. The van der Waals surface area contributed by atoms with Gasteiger partial charge in [-0.2, -0.15) is 5.26 Å². The molecule has 0 amide bonds. The molecule has 2 aromatic rings. The van der Waals surface area contributed by atoms with Gasteiger partial charge in [0.05, 0.1) is 18.2 Å². The summed E-state index contributed by atoms with van der Waals surface area (Å²) in [5.41, 5.74) is 5.78. The molecule has 1 N–H and O–H groups in total. The molecular weight excluding hydrogens is 222 g/mol. The van der Waals surface area contributed by atoms with Crippen molar-refractivity contribution in [1.82, 2.24) is 0 Å². The zero-order valence-electron chi connectivity index (χ0n) is 10.6. The van der Waals surface area contributed by atoms with Crippen LogP contribution in [0.15, 0.2) is 36.4 Å². The third-order valence-electron chi connectivity index (χ3n) is 3.28. The molecular formula is C16H15NO. The van der Waals surface area contributed by atoms with E-state index in [1.54, 1.807) is 12.1 Å². The van der Waals surface area contributed by atoms with Gasteiger partial charge in [0.15, 0.2) is 0 Å². The summed E-state index contributed by atoms with van der Waals surface area (Å²) >= 11 is 0. The highest BCUT2D eigenvalue weighted by molar-refractivity contribution is 5.74. The molecule has 2 heteroatoms. The van der Waals surface area contributed by atoms with Crippen molar-refractivity contribution in [2.75, 3.05) is 0 Å². The Morgan fingerprint density at radius 3 is 2.56 bits per heavy atom. The maximum absolute atomic E-state index is 9.21. The lowest BCUT2D eigenvalue weighted by atomic mass is 9.93. The number of nitriles is 1. The molecule has 0 atom stereocenters. The van der Waals surface area contributed by atoms with Crippen LogP contribution in [0.1, 0.15) is 22.3 Å². The molecule has 0 aliphatic heterocycles. The molecule has 2 rings (SSSR count). The average Bonchev–Trinajstić information content (AvgIpc) is 2.41. The van der Waals surface area contributed by atoms with E-state index in [0.29, 0.717) is 5.56 Å². The number of hydrogen-bond acceptors (Lipinski definition) is 2. The lowest BCUT2D eigenvalue weighted by Gasteiger charge is -2.11. The van der Waals surface area contributed by atoms with Crippen molar-refractivity contribution >= 4 is 0 Å². The van der Waals surface area contributed by atoms with E-state index in [1.807, 2.05) is 18.2 Å². The van der Waals surface area contributed by atoms with Crippen molar-refractivity contribution in [3.63, 3.8) is 0 Å². The molecule has 2 aromatic carbocycles.